The first-order chi connectivity index (χ1) is 8.47. The van der Waals surface area contributed by atoms with E-state index in [2.05, 4.69) is 26.2 Å². The van der Waals surface area contributed by atoms with Gasteiger partial charge in [0.1, 0.15) is 0 Å². The normalized spacial score (nSPS) is 26.0. The Labute approximate surface area is 120 Å². The lowest BCUT2D eigenvalue weighted by Crippen LogP contribution is -2.16. The molecule has 0 aromatic carbocycles. The highest BCUT2D eigenvalue weighted by molar-refractivity contribution is 7.09. The lowest BCUT2D eigenvalue weighted by atomic mass is 9.93. The average Bonchev–Trinajstić information content (AvgIpc) is 2.66. The van der Waals surface area contributed by atoms with Gasteiger partial charge < -0.3 is 0 Å². The largest absolute Gasteiger partial charge is 0.246 e. The summed E-state index contributed by atoms with van der Waals surface area (Å²) in [6.45, 7) is 6.67. The Morgan fingerprint density at radius 2 is 2.00 bits per heavy atom. The summed E-state index contributed by atoms with van der Waals surface area (Å²) < 4.78 is 0. The molecule has 1 nitrogen and oxygen atoms in total. The summed E-state index contributed by atoms with van der Waals surface area (Å²) in [4.78, 5) is 4.80. The minimum Gasteiger partial charge on any atom is -0.246 e. The molecular weight excluding hydrogens is 262 g/mol. The van der Waals surface area contributed by atoms with Crippen LogP contribution in [0.4, 0.5) is 0 Å². The summed E-state index contributed by atoms with van der Waals surface area (Å²) in [6, 6.07) is 0. The smallest absolute Gasteiger partial charge is 0.0931 e. The molecule has 0 radical (unpaired) electrons. The van der Waals surface area contributed by atoms with Crippen LogP contribution in [-0.4, -0.2) is 10.4 Å². The Balaban J connectivity index is 2.02. The molecule has 0 aliphatic heterocycles. The summed E-state index contributed by atoms with van der Waals surface area (Å²) in [5.41, 5.74) is 1.39. The summed E-state index contributed by atoms with van der Waals surface area (Å²) in [5.74, 6) is 0.633. The van der Waals surface area contributed by atoms with E-state index in [1.165, 1.54) is 42.8 Å². The molecule has 2 atom stereocenters. The van der Waals surface area contributed by atoms with Gasteiger partial charge >= 0.3 is 0 Å². The summed E-state index contributed by atoms with van der Waals surface area (Å²) in [5, 5.41) is 3.85. The lowest BCUT2D eigenvalue weighted by molar-refractivity contribution is 0.462. The maximum absolute atomic E-state index is 6.51. The zero-order valence-electron chi connectivity index (χ0n) is 11.7. The van der Waals surface area contributed by atoms with E-state index in [0.29, 0.717) is 11.3 Å². The first-order valence-electron chi connectivity index (χ1n) is 7.06. The van der Waals surface area contributed by atoms with Crippen molar-refractivity contribution >= 4 is 22.9 Å². The molecule has 1 aromatic heterocycles. The fourth-order valence-electron chi connectivity index (χ4n) is 2.54. The highest BCUT2D eigenvalue weighted by Gasteiger charge is 2.24. The molecule has 18 heavy (non-hydrogen) atoms. The van der Waals surface area contributed by atoms with Crippen molar-refractivity contribution in [3.8, 4) is 0 Å². The van der Waals surface area contributed by atoms with Gasteiger partial charge in [-0.25, -0.2) is 4.98 Å². The van der Waals surface area contributed by atoms with E-state index >= 15 is 0 Å². The van der Waals surface area contributed by atoms with Crippen LogP contribution in [-0.2, 0) is 11.8 Å². The third-order valence-corrected chi connectivity index (χ3v) is 5.27. The molecule has 2 rings (SSSR count). The SMILES string of the molecule is CC(C)(C)c1csc(CC2CCCCCC2Cl)n1. The quantitative estimate of drug-likeness (QED) is 0.539. The minimum atomic E-state index is 0.165. The number of halogens is 1. The second-order valence-electron chi connectivity index (χ2n) is 6.49. The van der Waals surface area contributed by atoms with Crippen LogP contribution in [0.5, 0.6) is 0 Å². The third-order valence-electron chi connectivity index (χ3n) is 3.82. The van der Waals surface area contributed by atoms with E-state index in [1.54, 1.807) is 0 Å². The number of rotatable bonds is 2. The Kier molecular flexibility index (Phi) is 4.71. The molecule has 1 aromatic rings. The van der Waals surface area contributed by atoms with Gasteiger partial charge in [-0.15, -0.1) is 22.9 Å². The van der Waals surface area contributed by atoms with Crippen LogP contribution in [0.1, 0.15) is 63.6 Å². The van der Waals surface area contributed by atoms with Crippen molar-refractivity contribution in [3.63, 3.8) is 0 Å². The van der Waals surface area contributed by atoms with Gasteiger partial charge in [0.25, 0.3) is 0 Å². The topological polar surface area (TPSA) is 12.9 Å². The molecule has 0 saturated heterocycles. The number of aromatic nitrogens is 1. The Morgan fingerprint density at radius 3 is 2.67 bits per heavy atom. The van der Waals surface area contributed by atoms with E-state index in [0.717, 1.165) is 6.42 Å². The van der Waals surface area contributed by atoms with Gasteiger partial charge in [-0.1, -0.05) is 40.0 Å². The fourth-order valence-corrected chi connectivity index (χ4v) is 4.03. The van der Waals surface area contributed by atoms with E-state index in [4.69, 9.17) is 16.6 Å². The van der Waals surface area contributed by atoms with Gasteiger partial charge in [-0.05, 0) is 18.8 Å². The van der Waals surface area contributed by atoms with Crippen molar-refractivity contribution in [2.75, 3.05) is 0 Å². The summed E-state index contributed by atoms with van der Waals surface area (Å²) >= 11 is 8.32. The van der Waals surface area contributed by atoms with Crippen molar-refractivity contribution in [2.45, 2.75) is 70.1 Å². The third kappa shape index (κ3) is 3.71. The molecule has 0 spiro atoms. The molecule has 102 valence electrons. The molecule has 1 saturated carbocycles. The number of alkyl halides is 1. The maximum Gasteiger partial charge on any atom is 0.0931 e. The van der Waals surface area contributed by atoms with Crippen LogP contribution < -0.4 is 0 Å². The van der Waals surface area contributed by atoms with E-state index in [1.807, 2.05) is 11.3 Å². The number of hydrogen-bond acceptors (Lipinski definition) is 2. The van der Waals surface area contributed by atoms with Gasteiger partial charge in [-0.2, -0.15) is 0 Å². The van der Waals surface area contributed by atoms with Crippen molar-refractivity contribution in [1.29, 1.82) is 0 Å². The molecular formula is C15H24ClNS. The number of thiazole rings is 1. The summed E-state index contributed by atoms with van der Waals surface area (Å²) in [7, 11) is 0. The fraction of sp³-hybridized carbons (Fsp3) is 0.800. The van der Waals surface area contributed by atoms with Crippen molar-refractivity contribution in [1.82, 2.24) is 4.98 Å². The molecule has 2 unspecified atom stereocenters. The first-order valence-corrected chi connectivity index (χ1v) is 8.37. The van der Waals surface area contributed by atoms with Crippen LogP contribution in [0, 0.1) is 5.92 Å². The number of hydrogen-bond donors (Lipinski definition) is 0. The predicted molar refractivity (Wildman–Crippen MR) is 80.7 cm³/mol. The van der Waals surface area contributed by atoms with Crippen LogP contribution in [0.25, 0.3) is 0 Å². The van der Waals surface area contributed by atoms with Gasteiger partial charge in [0.2, 0.25) is 0 Å². The van der Waals surface area contributed by atoms with Crippen molar-refractivity contribution < 1.29 is 0 Å². The molecule has 0 bridgehead atoms. The molecule has 1 heterocycles. The monoisotopic (exact) mass is 285 g/mol. The van der Waals surface area contributed by atoms with Gasteiger partial charge in [0.15, 0.2) is 0 Å². The van der Waals surface area contributed by atoms with Gasteiger partial charge in [-0.3, -0.25) is 0 Å². The predicted octanol–water partition coefficient (Wildman–Crippen LogP) is 5.17. The molecule has 0 N–H and O–H groups in total. The zero-order chi connectivity index (χ0) is 13.2. The second kappa shape index (κ2) is 5.92. The van der Waals surface area contributed by atoms with Crippen LogP contribution in [0.3, 0.4) is 0 Å². The summed E-state index contributed by atoms with van der Waals surface area (Å²) in [6.07, 6.45) is 7.53. The average molecular weight is 286 g/mol. The zero-order valence-corrected chi connectivity index (χ0v) is 13.3. The lowest BCUT2D eigenvalue weighted by Gasteiger charge is -2.18. The van der Waals surface area contributed by atoms with Crippen molar-refractivity contribution in [2.24, 2.45) is 5.92 Å². The Morgan fingerprint density at radius 1 is 1.28 bits per heavy atom. The number of nitrogens with zero attached hydrogens (tertiary/aromatic N) is 1. The minimum absolute atomic E-state index is 0.165. The Bertz CT molecular complexity index is 380. The van der Waals surface area contributed by atoms with Crippen LogP contribution in [0.15, 0.2) is 5.38 Å². The van der Waals surface area contributed by atoms with Gasteiger partial charge in [0.05, 0.1) is 10.7 Å². The van der Waals surface area contributed by atoms with E-state index in [9.17, 15) is 0 Å². The van der Waals surface area contributed by atoms with Crippen LogP contribution in [0.2, 0.25) is 0 Å². The molecule has 0 amide bonds. The second-order valence-corrected chi connectivity index (χ2v) is 8.00. The highest BCUT2D eigenvalue weighted by atomic mass is 35.5. The first kappa shape index (κ1) is 14.3. The van der Waals surface area contributed by atoms with Crippen LogP contribution >= 0.6 is 22.9 Å². The standard InChI is InChI=1S/C15H24ClNS/c1-15(2,3)13-10-18-14(17-13)9-11-7-5-4-6-8-12(11)16/h10-12H,4-9H2,1-3H3. The highest BCUT2D eigenvalue weighted by Crippen LogP contribution is 2.32. The molecule has 1 fully saturated rings. The Hall–Kier alpha value is -0.0800. The maximum atomic E-state index is 6.51. The van der Waals surface area contributed by atoms with E-state index < -0.39 is 0 Å². The van der Waals surface area contributed by atoms with Gasteiger partial charge in [0, 0.05) is 22.6 Å². The molecule has 1 aliphatic rings. The molecule has 1 aliphatic carbocycles. The van der Waals surface area contributed by atoms with Crippen molar-refractivity contribution in [3.05, 3.63) is 16.1 Å². The molecule has 3 heteroatoms. The van der Waals surface area contributed by atoms with E-state index in [-0.39, 0.29) is 5.41 Å².